The van der Waals surface area contributed by atoms with Crippen molar-refractivity contribution in [1.82, 2.24) is 0 Å². The van der Waals surface area contributed by atoms with Crippen LogP contribution in [0.4, 0.5) is 0 Å². The largest absolute Gasteiger partial charge is 2.00 e. The van der Waals surface area contributed by atoms with Crippen molar-refractivity contribution in [3.8, 4) is 0 Å². The van der Waals surface area contributed by atoms with Gasteiger partial charge in [-0.1, -0.05) is 134 Å². The average molecular weight is 473 g/mol. The summed E-state index contributed by atoms with van der Waals surface area (Å²) in [5, 5.41) is 5.83. The zero-order valence-electron chi connectivity index (χ0n) is 21.0. The van der Waals surface area contributed by atoms with Gasteiger partial charge in [0, 0.05) is 10.2 Å². The van der Waals surface area contributed by atoms with Crippen LogP contribution in [-0.4, -0.2) is 23.3 Å². The maximum atomic E-state index is 4.48. The summed E-state index contributed by atoms with van der Waals surface area (Å²) in [5.74, 6) is 0. The maximum absolute atomic E-state index is 4.48. The Bertz CT molecular complexity index is 631. The van der Waals surface area contributed by atoms with Crippen LogP contribution in [0.5, 0.6) is 0 Å². The molecule has 1 fully saturated rings. The average Bonchev–Trinajstić information content (AvgIpc) is 2.95. The summed E-state index contributed by atoms with van der Waals surface area (Å²) < 4.78 is 0. The Labute approximate surface area is 211 Å². The predicted molar refractivity (Wildman–Crippen MR) is 139 cm³/mol. The molecule has 0 spiro atoms. The molecule has 171 valence electrons. The van der Waals surface area contributed by atoms with Crippen LogP contribution in [0.25, 0.3) is 5.32 Å². The number of nitrogens with zero attached hydrogens (tertiary/aromatic N) is 1. The molecule has 0 bridgehead atoms. The van der Waals surface area contributed by atoms with E-state index in [4.69, 9.17) is 0 Å². The molecule has 1 aliphatic carbocycles. The maximum Gasteiger partial charge on any atom is 2.00 e. The topological polar surface area (TPSA) is 14.1 Å². The van der Waals surface area contributed by atoms with E-state index in [9.17, 15) is 0 Å². The van der Waals surface area contributed by atoms with Gasteiger partial charge in [0.25, 0.3) is 0 Å². The molecule has 0 unspecified atom stereocenters. The molecule has 0 N–H and O–H groups in total. The number of hydrogen-bond acceptors (Lipinski definition) is 0. The zero-order chi connectivity index (χ0) is 22.2. The minimum absolute atomic E-state index is 0. The van der Waals surface area contributed by atoms with Gasteiger partial charge < -0.3 is 5.32 Å². The van der Waals surface area contributed by atoms with Crippen LogP contribution in [0, 0.1) is 27.7 Å². The van der Waals surface area contributed by atoms with Gasteiger partial charge in [-0.05, 0) is 0 Å². The van der Waals surface area contributed by atoms with Gasteiger partial charge in [0.05, 0.1) is 0 Å². The van der Waals surface area contributed by atoms with E-state index in [1.165, 1.54) is 98.1 Å². The summed E-state index contributed by atoms with van der Waals surface area (Å²) in [7, 11) is 3.90. The van der Waals surface area contributed by atoms with E-state index in [1.54, 1.807) is 0 Å². The van der Waals surface area contributed by atoms with Gasteiger partial charge in [-0.25, -0.2) is 0 Å². The second-order valence-electron chi connectivity index (χ2n) is 8.92. The molecule has 3 rings (SSSR count). The summed E-state index contributed by atoms with van der Waals surface area (Å²) in [5.41, 5.74) is 5.75. The smallest absolute Gasteiger partial charge is 0.662 e. The van der Waals surface area contributed by atoms with Crippen LogP contribution in [-0.2, 0) is 21.7 Å². The summed E-state index contributed by atoms with van der Waals surface area (Å²) in [4.78, 5) is 0. The molecule has 1 nitrogen and oxygen atoms in total. The van der Waals surface area contributed by atoms with Gasteiger partial charge >= 0.3 is 21.7 Å². The fraction of sp³-hybridized carbons (Fsp3) is 0.607. The summed E-state index contributed by atoms with van der Waals surface area (Å²) in [6.07, 6.45) is 15.7. The molecule has 0 aliphatic heterocycles. The van der Waals surface area contributed by atoms with Crippen LogP contribution >= 0.6 is 0 Å². The first-order valence-corrected chi connectivity index (χ1v) is 12.8. The second-order valence-corrected chi connectivity index (χ2v) is 9.73. The van der Waals surface area contributed by atoms with Crippen molar-refractivity contribution in [2.45, 2.75) is 104 Å². The Morgan fingerprint density at radius 3 is 1.52 bits per heavy atom. The van der Waals surface area contributed by atoms with Crippen molar-refractivity contribution in [1.29, 1.82) is 0 Å². The van der Waals surface area contributed by atoms with Gasteiger partial charge in [0.1, 0.15) is 0 Å². The number of hydrogen-bond donors (Lipinski definition) is 0. The monoisotopic (exact) mass is 472 g/mol. The first-order valence-electron chi connectivity index (χ1n) is 12.1. The molecule has 1 saturated carbocycles. The molecule has 0 aromatic heterocycles. The van der Waals surface area contributed by atoms with Gasteiger partial charge in [-0.2, -0.15) is 35.4 Å². The summed E-state index contributed by atoms with van der Waals surface area (Å²) in [6.45, 7) is 8.68. The molecule has 0 heterocycles. The van der Waals surface area contributed by atoms with Crippen LogP contribution in [0.2, 0.25) is 0 Å². The van der Waals surface area contributed by atoms with Crippen LogP contribution in [0.1, 0.15) is 92.9 Å². The summed E-state index contributed by atoms with van der Waals surface area (Å²) >= 11 is 0. The standard InChI is InChI=1S/C13H26N.C9H13.C6H7Si.Ti/c1-14-13-11-9-7-5-3-2-4-6-8-10-12-13;1-6-5-7(2)9(4)8(6)3;7-6-4-2-1-3-5-6;/h13H,2-12H2,1H3;5H,1-4H3;1-5H,7H2;/q2*-1;;+2. The number of rotatable bonds is 1. The van der Waals surface area contributed by atoms with E-state index in [-0.39, 0.29) is 21.7 Å². The molecule has 2 aromatic rings. The Kier molecular flexibility index (Phi) is 18.6. The number of aryl methyl sites for hydroxylation is 2. The van der Waals surface area contributed by atoms with Crippen LogP contribution in [0.15, 0.2) is 36.4 Å². The Morgan fingerprint density at radius 1 is 0.806 bits per heavy atom. The first kappa shape index (κ1) is 30.5. The molecule has 0 amide bonds. The van der Waals surface area contributed by atoms with Gasteiger partial charge in [-0.15, -0.1) is 6.04 Å². The fourth-order valence-corrected chi connectivity index (χ4v) is 4.28. The Hall–Kier alpha value is -0.539. The molecule has 3 heteroatoms. The van der Waals surface area contributed by atoms with E-state index in [2.05, 4.69) is 51.2 Å². The minimum atomic E-state index is 0. The Balaban J connectivity index is 0.000000457. The second kappa shape index (κ2) is 19.0. The fourth-order valence-electron chi connectivity index (χ4n) is 4.01. The van der Waals surface area contributed by atoms with Gasteiger partial charge in [-0.3, -0.25) is 0 Å². The quantitative estimate of drug-likeness (QED) is 0.307. The molecule has 1 aliphatic rings. The molecule has 31 heavy (non-hydrogen) atoms. The minimum Gasteiger partial charge on any atom is -0.662 e. The van der Waals surface area contributed by atoms with Crippen molar-refractivity contribution >= 4 is 15.4 Å². The predicted octanol–water partition coefficient (Wildman–Crippen LogP) is 7.24. The van der Waals surface area contributed by atoms with E-state index in [0.29, 0.717) is 6.04 Å². The van der Waals surface area contributed by atoms with Gasteiger partial charge in [0.2, 0.25) is 0 Å². The van der Waals surface area contributed by atoms with Crippen molar-refractivity contribution in [3.05, 3.63) is 64.0 Å². The number of benzene rings is 1. The first-order chi connectivity index (χ1) is 14.5. The third kappa shape index (κ3) is 14.3. The SMILES string of the molecule is C[N-]C1CCCCCCCCCCC1.Cc1c[c-](C)c(C)c1C.[SiH2]c1ccccc1.[Ti+2]. The van der Waals surface area contributed by atoms with Crippen molar-refractivity contribution in [3.63, 3.8) is 0 Å². The van der Waals surface area contributed by atoms with Crippen LogP contribution < -0.4 is 5.19 Å². The van der Waals surface area contributed by atoms with E-state index in [0.717, 1.165) is 0 Å². The molecular formula is C28H46NSiTi. The van der Waals surface area contributed by atoms with Crippen molar-refractivity contribution in [2.24, 2.45) is 0 Å². The molecule has 0 saturated heterocycles. The van der Waals surface area contributed by atoms with Crippen molar-refractivity contribution < 1.29 is 21.7 Å². The van der Waals surface area contributed by atoms with E-state index < -0.39 is 0 Å². The molecular weight excluding hydrogens is 426 g/mol. The van der Waals surface area contributed by atoms with E-state index in [1.807, 2.05) is 35.5 Å². The van der Waals surface area contributed by atoms with Crippen molar-refractivity contribution in [2.75, 3.05) is 7.05 Å². The van der Waals surface area contributed by atoms with Crippen LogP contribution in [0.3, 0.4) is 0 Å². The molecule has 0 atom stereocenters. The van der Waals surface area contributed by atoms with Gasteiger partial charge in [0.15, 0.2) is 0 Å². The summed E-state index contributed by atoms with van der Waals surface area (Å²) in [6, 6.07) is 13.2. The normalized spacial score (nSPS) is 15.7. The molecule has 2 aromatic carbocycles. The third-order valence-corrected chi connectivity index (χ3v) is 6.93. The van der Waals surface area contributed by atoms with E-state index >= 15 is 0 Å². The molecule has 1 radical (unpaired) electrons. The third-order valence-electron chi connectivity index (χ3n) is 6.46. The zero-order valence-corrected chi connectivity index (χ0v) is 23.9. The Morgan fingerprint density at radius 2 is 1.26 bits per heavy atom.